The summed E-state index contributed by atoms with van der Waals surface area (Å²) < 4.78 is 30.1. The molecule has 0 aliphatic heterocycles. The van der Waals surface area contributed by atoms with Crippen LogP contribution < -0.4 is 20.3 Å². The molecular weight excluding hydrogens is 358 g/mol. The standard InChI is InChI=1S/C17H19N3O5S/c1-3-25-15-9-7-12(8-10-15)16(21)18-19-17(22)13-5-4-6-14(11-13)20-26(2,23)24/h4-11,20H,3H2,1-2H3,(H,18,21)(H,19,22). The Morgan fingerprint density at radius 1 is 0.962 bits per heavy atom. The van der Waals surface area contributed by atoms with E-state index in [0.717, 1.165) is 6.26 Å². The summed E-state index contributed by atoms with van der Waals surface area (Å²) in [5.41, 5.74) is 5.36. The van der Waals surface area contributed by atoms with Gasteiger partial charge in [0.2, 0.25) is 10.0 Å². The number of carbonyl (C=O) groups is 2. The molecule has 0 saturated carbocycles. The number of hydrogen-bond acceptors (Lipinski definition) is 5. The van der Waals surface area contributed by atoms with Crippen molar-refractivity contribution in [1.29, 1.82) is 0 Å². The maximum Gasteiger partial charge on any atom is 0.269 e. The maximum absolute atomic E-state index is 12.1. The minimum atomic E-state index is -3.45. The molecule has 2 amide bonds. The SMILES string of the molecule is CCOc1ccc(C(=O)NNC(=O)c2cccc(NS(C)(=O)=O)c2)cc1. The van der Waals surface area contributed by atoms with E-state index in [-0.39, 0.29) is 11.3 Å². The lowest BCUT2D eigenvalue weighted by molar-refractivity contribution is 0.0846. The Morgan fingerprint density at radius 3 is 2.15 bits per heavy atom. The first kappa shape index (κ1) is 19.3. The van der Waals surface area contributed by atoms with E-state index in [4.69, 9.17) is 4.74 Å². The van der Waals surface area contributed by atoms with Crippen LogP contribution in [0.2, 0.25) is 0 Å². The highest BCUT2D eigenvalue weighted by atomic mass is 32.2. The first-order valence-electron chi connectivity index (χ1n) is 7.70. The number of hydrogen-bond donors (Lipinski definition) is 3. The molecule has 0 unspecified atom stereocenters. The summed E-state index contributed by atoms with van der Waals surface area (Å²) in [4.78, 5) is 24.2. The Balaban J connectivity index is 1.97. The van der Waals surface area contributed by atoms with Crippen molar-refractivity contribution in [3.63, 3.8) is 0 Å². The van der Waals surface area contributed by atoms with Gasteiger partial charge in [-0.1, -0.05) is 6.07 Å². The van der Waals surface area contributed by atoms with Crippen LogP contribution in [0.3, 0.4) is 0 Å². The number of ether oxygens (including phenoxy) is 1. The van der Waals surface area contributed by atoms with Gasteiger partial charge in [-0.05, 0) is 49.4 Å². The van der Waals surface area contributed by atoms with Crippen molar-refractivity contribution >= 4 is 27.5 Å². The maximum atomic E-state index is 12.1. The summed E-state index contributed by atoms with van der Waals surface area (Å²) in [5, 5.41) is 0. The first-order chi connectivity index (χ1) is 12.3. The molecule has 0 aromatic heterocycles. The zero-order valence-electron chi connectivity index (χ0n) is 14.3. The molecule has 0 aliphatic rings. The van der Waals surface area contributed by atoms with Crippen LogP contribution in [0.25, 0.3) is 0 Å². The second-order valence-corrected chi connectivity index (χ2v) is 7.07. The van der Waals surface area contributed by atoms with Crippen LogP contribution in [-0.4, -0.2) is 33.1 Å². The van der Waals surface area contributed by atoms with Crippen LogP contribution in [0.4, 0.5) is 5.69 Å². The summed E-state index contributed by atoms with van der Waals surface area (Å²) in [7, 11) is -3.45. The Kier molecular flexibility index (Phi) is 6.18. The third kappa shape index (κ3) is 5.78. The van der Waals surface area contributed by atoms with Crippen molar-refractivity contribution < 1.29 is 22.7 Å². The lowest BCUT2D eigenvalue weighted by atomic mass is 10.2. The average molecular weight is 377 g/mol. The predicted octanol–water partition coefficient (Wildman–Crippen LogP) is 1.53. The largest absolute Gasteiger partial charge is 0.494 e. The van der Waals surface area contributed by atoms with Crippen molar-refractivity contribution in [2.45, 2.75) is 6.92 Å². The Labute approximate surface area is 151 Å². The molecule has 2 aromatic carbocycles. The molecule has 138 valence electrons. The number of nitrogens with one attached hydrogen (secondary N) is 3. The summed E-state index contributed by atoms with van der Waals surface area (Å²) in [6.45, 7) is 2.38. The quantitative estimate of drug-likeness (QED) is 0.661. The number of benzene rings is 2. The Morgan fingerprint density at radius 2 is 1.58 bits per heavy atom. The van der Waals surface area contributed by atoms with Gasteiger partial charge in [-0.2, -0.15) is 0 Å². The minimum absolute atomic E-state index is 0.186. The predicted molar refractivity (Wildman–Crippen MR) is 97.5 cm³/mol. The smallest absolute Gasteiger partial charge is 0.269 e. The second-order valence-electron chi connectivity index (χ2n) is 5.32. The number of anilines is 1. The fraction of sp³-hybridized carbons (Fsp3) is 0.176. The van der Waals surface area contributed by atoms with Gasteiger partial charge in [-0.3, -0.25) is 25.2 Å². The van der Waals surface area contributed by atoms with Gasteiger partial charge in [0.1, 0.15) is 5.75 Å². The minimum Gasteiger partial charge on any atom is -0.494 e. The normalized spacial score (nSPS) is 10.7. The zero-order valence-corrected chi connectivity index (χ0v) is 15.1. The molecule has 0 spiro atoms. The fourth-order valence-corrected chi connectivity index (χ4v) is 2.62. The highest BCUT2D eigenvalue weighted by molar-refractivity contribution is 7.92. The molecule has 0 fully saturated rings. The molecule has 2 rings (SSSR count). The van der Waals surface area contributed by atoms with Gasteiger partial charge in [0.15, 0.2) is 0 Å². The molecule has 0 bridgehead atoms. The second kappa shape index (κ2) is 8.34. The van der Waals surface area contributed by atoms with Gasteiger partial charge in [0.05, 0.1) is 12.9 Å². The molecule has 0 heterocycles. The van der Waals surface area contributed by atoms with E-state index in [1.54, 1.807) is 24.3 Å². The van der Waals surface area contributed by atoms with Crippen molar-refractivity contribution in [3.8, 4) is 5.75 Å². The van der Waals surface area contributed by atoms with Crippen molar-refractivity contribution in [2.24, 2.45) is 0 Å². The molecule has 0 aliphatic carbocycles. The van der Waals surface area contributed by atoms with Gasteiger partial charge in [0.25, 0.3) is 11.8 Å². The molecule has 0 radical (unpaired) electrons. The van der Waals surface area contributed by atoms with Crippen LogP contribution in [0.1, 0.15) is 27.6 Å². The molecule has 0 saturated heterocycles. The Bertz CT molecular complexity index is 895. The van der Waals surface area contributed by atoms with Crippen LogP contribution in [0, 0.1) is 0 Å². The summed E-state index contributed by atoms with van der Waals surface area (Å²) in [6, 6.07) is 12.3. The number of carbonyl (C=O) groups excluding carboxylic acids is 2. The van der Waals surface area contributed by atoms with Crippen molar-refractivity contribution in [3.05, 3.63) is 59.7 Å². The highest BCUT2D eigenvalue weighted by Gasteiger charge is 2.11. The van der Waals surface area contributed by atoms with Crippen molar-refractivity contribution in [2.75, 3.05) is 17.6 Å². The molecule has 8 nitrogen and oxygen atoms in total. The zero-order chi connectivity index (χ0) is 19.2. The highest BCUT2D eigenvalue weighted by Crippen LogP contribution is 2.13. The van der Waals surface area contributed by atoms with Crippen LogP contribution in [-0.2, 0) is 10.0 Å². The third-order valence-electron chi connectivity index (χ3n) is 3.15. The summed E-state index contributed by atoms with van der Waals surface area (Å²) >= 11 is 0. The average Bonchev–Trinajstić information content (AvgIpc) is 2.59. The summed E-state index contributed by atoms with van der Waals surface area (Å²) in [6.07, 6.45) is 1.01. The first-order valence-corrected chi connectivity index (χ1v) is 9.59. The third-order valence-corrected chi connectivity index (χ3v) is 3.75. The van der Waals surface area contributed by atoms with E-state index in [2.05, 4.69) is 15.6 Å². The van der Waals surface area contributed by atoms with Crippen molar-refractivity contribution in [1.82, 2.24) is 10.9 Å². The number of amides is 2. The van der Waals surface area contributed by atoms with Crippen LogP contribution in [0.15, 0.2) is 48.5 Å². The number of hydrazine groups is 1. The monoisotopic (exact) mass is 377 g/mol. The lowest BCUT2D eigenvalue weighted by Gasteiger charge is -2.09. The molecule has 2 aromatic rings. The number of rotatable bonds is 6. The molecule has 0 atom stereocenters. The molecule has 3 N–H and O–H groups in total. The topological polar surface area (TPSA) is 114 Å². The lowest BCUT2D eigenvalue weighted by Crippen LogP contribution is -2.41. The van der Waals surface area contributed by atoms with Crippen LogP contribution in [0.5, 0.6) is 5.75 Å². The fourth-order valence-electron chi connectivity index (χ4n) is 2.07. The van der Waals surface area contributed by atoms with Gasteiger partial charge in [0, 0.05) is 16.8 Å². The van der Waals surface area contributed by atoms with Gasteiger partial charge < -0.3 is 4.74 Å². The van der Waals surface area contributed by atoms with Crippen LogP contribution >= 0.6 is 0 Å². The number of sulfonamides is 1. The van der Waals surface area contributed by atoms with Gasteiger partial charge in [-0.15, -0.1) is 0 Å². The molecule has 9 heteroatoms. The van der Waals surface area contributed by atoms with E-state index in [1.165, 1.54) is 24.3 Å². The Hall–Kier alpha value is -3.07. The van der Waals surface area contributed by atoms with E-state index >= 15 is 0 Å². The molecule has 26 heavy (non-hydrogen) atoms. The summed E-state index contributed by atoms with van der Waals surface area (Å²) in [5.74, 6) is -0.434. The molecular formula is C17H19N3O5S. The van der Waals surface area contributed by atoms with Gasteiger partial charge >= 0.3 is 0 Å². The van der Waals surface area contributed by atoms with E-state index in [1.807, 2.05) is 6.92 Å². The van der Waals surface area contributed by atoms with Gasteiger partial charge in [-0.25, -0.2) is 8.42 Å². The van der Waals surface area contributed by atoms with E-state index in [9.17, 15) is 18.0 Å². The van der Waals surface area contributed by atoms with E-state index in [0.29, 0.717) is 17.9 Å². The van der Waals surface area contributed by atoms with E-state index < -0.39 is 21.8 Å².